The summed E-state index contributed by atoms with van der Waals surface area (Å²) in [7, 11) is -3.69. The normalized spacial score (nSPS) is 18.8. The van der Waals surface area contributed by atoms with Crippen LogP contribution in [0.3, 0.4) is 0 Å². The zero-order valence-electron chi connectivity index (χ0n) is 11.6. The second kappa shape index (κ2) is 5.78. The molecule has 114 valence electrons. The molecule has 1 aliphatic rings. The summed E-state index contributed by atoms with van der Waals surface area (Å²) >= 11 is 0. The van der Waals surface area contributed by atoms with Crippen molar-refractivity contribution >= 4 is 21.6 Å². The Bertz CT molecular complexity index is 791. The third kappa shape index (κ3) is 2.95. The molecule has 2 aromatic rings. The number of rotatable bonds is 3. The number of benzene rings is 2. The van der Waals surface area contributed by atoms with E-state index >= 15 is 0 Å². The maximum atomic E-state index is 12.2. The second-order valence-corrected chi connectivity index (χ2v) is 6.58. The molecule has 1 aliphatic heterocycles. The van der Waals surface area contributed by atoms with Gasteiger partial charge in [0.1, 0.15) is 4.90 Å². The molecule has 7 heteroatoms. The van der Waals surface area contributed by atoms with Crippen LogP contribution in [0.5, 0.6) is 0 Å². The first-order valence-electron chi connectivity index (χ1n) is 6.76. The van der Waals surface area contributed by atoms with E-state index in [1.54, 1.807) is 18.2 Å². The van der Waals surface area contributed by atoms with E-state index in [1.807, 2.05) is 30.3 Å². The lowest BCUT2D eigenvalue weighted by Crippen LogP contribution is -2.53. The molecule has 0 aliphatic carbocycles. The summed E-state index contributed by atoms with van der Waals surface area (Å²) in [5.74, 6) is -0.429. The summed E-state index contributed by atoms with van der Waals surface area (Å²) in [5.41, 5.74) is 1.36. The summed E-state index contributed by atoms with van der Waals surface area (Å²) in [6.07, 6.45) is -1.02. The Balaban J connectivity index is 1.73. The van der Waals surface area contributed by atoms with Crippen molar-refractivity contribution in [3.05, 3.63) is 60.2 Å². The lowest BCUT2D eigenvalue weighted by atomic mass is 10.2. The number of fused-ring (bicyclic) bond motifs is 1. The average Bonchev–Trinajstić information content (AvgIpc) is 2.53. The Hall–Kier alpha value is -2.38. The van der Waals surface area contributed by atoms with E-state index in [4.69, 9.17) is 0 Å². The van der Waals surface area contributed by atoms with E-state index in [1.165, 1.54) is 6.07 Å². The topological polar surface area (TPSA) is 87.3 Å². The predicted octanol–water partition coefficient (Wildman–Crippen LogP) is 1.03. The first-order valence-corrected chi connectivity index (χ1v) is 8.24. The maximum Gasteiger partial charge on any atom is 0.258 e. The van der Waals surface area contributed by atoms with Gasteiger partial charge in [0, 0.05) is 6.54 Å². The minimum Gasteiger partial charge on any atom is -0.360 e. The van der Waals surface area contributed by atoms with Gasteiger partial charge in [-0.25, -0.2) is 8.42 Å². The van der Waals surface area contributed by atoms with Gasteiger partial charge in [-0.2, -0.15) is 4.72 Å². The van der Waals surface area contributed by atoms with Gasteiger partial charge in [0.2, 0.25) is 10.0 Å². The van der Waals surface area contributed by atoms with Crippen molar-refractivity contribution in [1.29, 1.82) is 0 Å². The molecule has 3 rings (SSSR count). The fourth-order valence-electron chi connectivity index (χ4n) is 2.23. The number of para-hydroxylation sites is 1. The summed E-state index contributed by atoms with van der Waals surface area (Å²) in [6, 6.07) is 15.9. The molecule has 1 unspecified atom stereocenters. The highest BCUT2D eigenvalue weighted by molar-refractivity contribution is 7.89. The second-order valence-electron chi connectivity index (χ2n) is 4.90. The van der Waals surface area contributed by atoms with Crippen LogP contribution in [0.25, 0.3) is 0 Å². The number of amides is 1. The third-order valence-corrected chi connectivity index (χ3v) is 4.80. The fourth-order valence-corrected chi connectivity index (χ4v) is 3.51. The van der Waals surface area contributed by atoms with Crippen LogP contribution in [0, 0.1) is 0 Å². The summed E-state index contributed by atoms with van der Waals surface area (Å²) in [4.78, 5) is 12.3. The molecule has 0 fully saturated rings. The average molecular weight is 317 g/mol. The number of hydrogen-bond acceptors (Lipinski definition) is 4. The highest BCUT2D eigenvalue weighted by Crippen LogP contribution is 2.25. The Morgan fingerprint density at radius 3 is 2.50 bits per heavy atom. The monoisotopic (exact) mass is 317 g/mol. The molecule has 0 spiro atoms. The summed E-state index contributed by atoms with van der Waals surface area (Å²) in [5, 5.41) is 5.60. The van der Waals surface area contributed by atoms with Crippen molar-refractivity contribution in [3.63, 3.8) is 0 Å². The van der Waals surface area contributed by atoms with Gasteiger partial charge in [0.25, 0.3) is 5.91 Å². The van der Waals surface area contributed by atoms with Crippen molar-refractivity contribution in [2.75, 3.05) is 5.32 Å². The van der Waals surface area contributed by atoms with Gasteiger partial charge in [-0.1, -0.05) is 42.5 Å². The molecule has 0 saturated carbocycles. The van der Waals surface area contributed by atoms with Crippen molar-refractivity contribution < 1.29 is 13.2 Å². The van der Waals surface area contributed by atoms with Gasteiger partial charge in [-0.05, 0) is 17.7 Å². The maximum absolute atomic E-state index is 12.2. The van der Waals surface area contributed by atoms with E-state index < -0.39 is 22.1 Å². The molecule has 0 saturated heterocycles. The van der Waals surface area contributed by atoms with Crippen molar-refractivity contribution in [1.82, 2.24) is 10.0 Å². The molecule has 0 aromatic heterocycles. The van der Waals surface area contributed by atoms with Crippen molar-refractivity contribution in [2.45, 2.75) is 17.6 Å². The molecule has 2 aromatic carbocycles. The standard InChI is InChI=1S/C15H15N3O3S/c19-15(16-10-11-6-2-1-3-7-11)14-17-12-8-4-5-9-13(12)22(20,21)18-14/h1-9,14,17-18H,10H2,(H,16,19). The highest BCUT2D eigenvalue weighted by atomic mass is 32.2. The minimum atomic E-state index is -3.69. The third-order valence-electron chi connectivity index (χ3n) is 3.32. The molecule has 1 atom stereocenters. The van der Waals surface area contributed by atoms with Gasteiger partial charge in [-0.3, -0.25) is 4.79 Å². The number of nitrogens with one attached hydrogen (secondary N) is 3. The Kier molecular flexibility index (Phi) is 3.82. The SMILES string of the molecule is O=C(NCc1ccccc1)C1Nc2ccccc2S(=O)(=O)N1. The number of anilines is 1. The number of sulfonamides is 1. The highest BCUT2D eigenvalue weighted by Gasteiger charge is 2.32. The zero-order chi connectivity index (χ0) is 15.6. The Morgan fingerprint density at radius 2 is 1.73 bits per heavy atom. The predicted molar refractivity (Wildman–Crippen MR) is 82.5 cm³/mol. The molecule has 3 N–H and O–H groups in total. The van der Waals surface area contributed by atoms with Gasteiger partial charge in [0.15, 0.2) is 6.17 Å². The number of carbonyl (C=O) groups is 1. The van der Waals surface area contributed by atoms with Crippen LogP contribution in [-0.4, -0.2) is 20.5 Å². The van der Waals surface area contributed by atoms with Crippen LogP contribution in [0.15, 0.2) is 59.5 Å². The lowest BCUT2D eigenvalue weighted by molar-refractivity contribution is -0.122. The largest absolute Gasteiger partial charge is 0.360 e. The van der Waals surface area contributed by atoms with Crippen molar-refractivity contribution in [3.8, 4) is 0 Å². The number of hydrogen-bond donors (Lipinski definition) is 3. The van der Waals surface area contributed by atoms with Crippen LogP contribution in [0.1, 0.15) is 5.56 Å². The Morgan fingerprint density at radius 1 is 1.05 bits per heavy atom. The van der Waals surface area contributed by atoms with E-state index in [9.17, 15) is 13.2 Å². The first-order chi connectivity index (χ1) is 10.6. The van der Waals surface area contributed by atoms with Crippen LogP contribution in [0.2, 0.25) is 0 Å². The van der Waals surface area contributed by atoms with E-state index in [2.05, 4.69) is 15.4 Å². The van der Waals surface area contributed by atoms with E-state index in [0.717, 1.165) is 5.56 Å². The number of carbonyl (C=O) groups excluding carboxylic acids is 1. The molecule has 0 radical (unpaired) electrons. The summed E-state index contributed by atoms with van der Waals surface area (Å²) < 4.78 is 26.6. The summed E-state index contributed by atoms with van der Waals surface area (Å²) in [6.45, 7) is 0.335. The van der Waals surface area contributed by atoms with Gasteiger partial charge >= 0.3 is 0 Å². The van der Waals surface area contributed by atoms with Crippen LogP contribution >= 0.6 is 0 Å². The van der Waals surface area contributed by atoms with E-state index in [0.29, 0.717) is 12.2 Å². The van der Waals surface area contributed by atoms with Crippen molar-refractivity contribution in [2.24, 2.45) is 0 Å². The Labute approximate surface area is 128 Å². The molecule has 1 amide bonds. The first kappa shape index (κ1) is 14.6. The van der Waals surface area contributed by atoms with E-state index in [-0.39, 0.29) is 4.90 Å². The molecule has 1 heterocycles. The van der Waals surface area contributed by atoms with Gasteiger partial charge < -0.3 is 10.6 Å². The molecule has 6 nitrogen and oxygen atoms in total. The van der Waals surface area contributed by atoms with Gasteiger partial charge in [-0.15, -0.1) is 0 Å². The smallest absolute Gasteiger partial charge is 0.258 e. The van der Waals surface area contributed by atoms with Crippen LogP contribution in [-0.2, 0) is 21.4 Å². The fraction of sp³-hybridized carbons (Fsp3) is 0.133. The lowest BCUT2D eigenvalue weighted by Gasteiger charge is -2.27. The molecular formula is C15H15N3O3S. The van der Waals surface area contributed by atoms with Crippen LogP contribution < -0.4 is 15.4 Å². The van der Waals surface area contributed by atoms with Crippen LogP contribution in [0.4, 0.5) is 5.69 Å². The van der Waals surface area contributed by atoms with Gasteiger partial charge in [0.05, 0.1) is 5.69 Å². The molecule has 0 bridgehead atoms. The zero-order valence-corrected chi connectivity index (χ0v) is 12.4. The molecular weight excluding hydrogens is 302 g/mol. The minimum absolute atomic E-state index is 0.141. The molecule has 22 heavy (non-hydrogen) atoms. The quantitative estimate of drug-likeness (QED) is 0.789.